The van der Waals surface area contributed by atoms with Gasteiger partial charge in [-0.05, 0) is 96.8 Å². The number of hydrogen-bond acceptors (Lipinski definition) is 7. The van der Waals surface area contributed by atoms with Crippen LogP contribution in [-0.2, 0) is 32.7 Å². The normalized spacial score (nSPS) is 14.1. The second kappa shape index (κ2) is 43.8. The number of allylic oxidation sites excluding steroid dienone is 14. The molecule has 8 nitrogen and oxygen atoms in total. The van der Waals surface area contributed by atoms with Crippen molar-refractivity contribution in [3.8, 4) is 0 Å². The Hall–Kier alpha value is -2.77. The summed E-state index contributed by atoms with van der Waals surface area (Å²) in [5.41, 5.74) is 0. The van der Waals surface area contributed by atoms with Crippen molar-refractivity contribution < 1.29 is 37.6 Å². The van der Waals surface area contributed by atoms with Gasteiger partial charge >= 0.3 is 19.8 Å². The third kappa shape index (κ3) is 42.8. The number of carbonyl (C=O) groups excluding carboxylic acids is 2. The first kappa shape index (κ1) is 55.2. The number of phosphoric ester groups is 1. The van der Waals surface area contributed by atoms with Crippen LogP contribution in [0.15, 0.2) is 85.1 Å². The zero-order chi connectivity index (χ0) is 42.5. The van der Waals surface area contributed by atoms with E-state index in [1.807, 2.05) is 0 Å². The predicted octanol–water partition coefficient (Wildman–Crippen LogP) is 14.7. The largest absolute Gasteiger partial charge is 0.472 e. The van der Waals surface area contributed by atoms with Crippen molar-refractivity contribution >= 4 is 19.8 Å². The zero-order valence-electron chi connectivity index (χ0n) is 36.9. The molecule has 0 heterocycles. The van der Waals surface area contributed by atoms with Gasteiger partial charge in [0.2, 0.25) is 0 Å². The van der Waals surface area contributed by atoms with Crippen LogP contribution in [-0.4, -0.2) is 42.8 Å². The Morgan fingerprint density at radius 1 is 0.483 bits per heavy atom. The van der Waals surface area contributed by atoms with Crippen molar-refractivity contribution in [1.29, 1.82) is 0 Å². The van der Waals surface area contributed by atoms with Crippen molar-refractivity contribution in [2.45, 2.75) is 194 Å². The smallest absolute Gasteiger partial charge is 0.462 e. The number of phosphoric acid groups is 1. The van der Waals surface area contributed by atoms with Crippen LogP contribution in [0.2, 0.25) is 0 Å². The van der Waals surface area contributed by atoms with E-state index in [4.69, 9.17) is 18.5 Å². The highest BCUT2D eigenvalue weighted by molar-refractivity contribution is 7.47. The van der Waals surface area contributed by atoms with Gasteiger partial charge in [0.25, 0.3) is 0 Å². The minimum absolute atomic E-state index is 0.0115. The molecule has 2 atom stereocenters. The molecule has 1 N–H and O–H groups in total. The lowest BCUT2D eigenvalue weighted by Gasteiger charge is -2.19. The zero-order valence-corrected chi connectivity index (χ0v) is 37.8. The SMILES string of the molecule is CC/C=C\C/C=C\C/C=C\C/C=C\C/C=C\CCCCCC(=O)OC(COC(=O)CCCCCCCCCCC/C=C\C/C=C\CCCCC)COP(=O)(O)OCC. The number of esters is 2. The molecule has 0 rings (SSSR count). The van der Waals surface area contributed by atoms with Crippen LogP contribution in [0.4, 0.5) is 0 Å². The van der Waals surface area contributed by atoms with Gasteiger partial charge in [-0.1, -0.05) is 163 Å². The van der Waals surface area contributed by atoms with Crippen LogP contribution in [0.1, 0.15) is 188 Å². The van der Waals surface area contributed by atoms with Gasteiger partial charge in [-0.15, -0.1) is 0 Å². The van der Waals surface area contributed by atoms with Gasteiger partial charge < -0.3 is 14.4 Å². The van der Waals surface area contributed by atoms with Gasteiger partial charge in [0, 0.05) is 12.8 Å². The summed E-state index contributed by atoms with van der Waals surface area (Å²) >= 11 is 0. The molecule has 0 aliphatic heterocycles. The maximum absolute atomic E-state index is 12.6. The Balaban J connectivity index is 4.14. The van der Waals surface area contributed by atoms with Crippen LogP contribution in [0.5, 0.6) is 0 Å². The fraction of sp³-hybridized carbons (Fsp3) is 0.673. The molecule has 0 bridgehead atoms. The van der Waals surface area contributed by atoms with Gasteiger partial charge in [-0.3, -0.25) is 18.6 Å². The Bertz CT molecular complexity index is 1210. The van der Waals surface area contributed by atoms with Gasteiger partial charge in [-0.2, -0.15) is 0 Å². The molecule has 0 aromatic carbocycles. The first-order chi connectivity index (χ1) is 28.3. The Labute approximate surface area is 355 Å². The molecular weight excluding hydrogens is 748 g/mol. The van der Waals surface area contributed by atoms with E-state index in [0.717, 1.165) is 77.0 Å². The van der Waals surface area contributed by atoms with E-state index >= 15 is 0 Å². The predicted molar refractivity (Wildman–Crippen MR) is 244 cm³/mol. The Kier molecular flexibility index (Phi) is 41.7. The van der Waals surface area contributed by atoms with Crippen molar-refractivity contribution in [2.24, 2.45) is 0 Å². The highest BCUT2D eigenvalue weighted by Crippen LogP contribution is 2.43. The number of rotatable bonds is 41. The Morgan fingerprint density at radius 3 is 1.34 bits per heavy atom. The standard InChI is InChI=1S/C49H83O8P/c1-4-7-9-11-13-15-17-19-21-23-25-27-29-31-33-35-37-39-41-43-48(50)54-45-47(46-56-58(52,53)55-6-3)57-49(51)44-42-40-38-36-34-32-30-28-26-24-22-20-18-16-14-12-10-8-5-2/h8,10,13-16,19-22,26,28,32,34,47H,4-7,9,11-12,17-18,23-25,27,29-31,33,35-46H2,1-3H3,(H,52,53)/b10-8-,15-13-,16-14-,21-19-,22-20-,28-26-,34-32-. The van der Waals surface area contributed by atoms with Gasteiger partial charge in [0.15, 0.2) is 6.10 Å². The summed E-state index contributed by atoms with van der Waals surface area (Å²) in [6.07, 6.45) is 56.3. The van der Waals surface area contributed by atoms with Gasteiger partial charge in [0.05, 0.1) is 13.2 Å². The van der Waals surface area contributed by atoms with Crippen LogP contribution in [0, 0.1) is 0 Å². The average molecular weight is 831 g/mol. The van der Waals surface area contributed by atoms with E-state index < -0.39 is 26.5 Å². The molecule has 0 aliphatic rings. The lowest BCUT2D eigenvalue weighted by Crippen LogP contribution is -2.29. The van der Waals surface area contributed by atoms with E-state index in [9.17, 15) is 19.0 Å². The molecule has 0 saturated heterocycles. The third-order valence-corrected chi connectivity index (χ3v) is 10.2. The molecule has 0 amide bonds. The second-order valence-corrected chi connectivity index (χ2v) is 16.1. The van der Waals surface area contributed by atoms with E-state index in [1.54, 1.807) is 6.92 Å². The molecule has 0 saturated carbocycles. The average Bonchev–Trinajstić information content (AvgIpc) is 3.20. The highest BCUT2D eigenvalue weighted by atomic mass is 31.2. The molecule has 332 valence electrons. The molecule has 0 aliphatic carbocycles. The minimum atomic E-state index is -4.30. The summed E-state index contributed by atoms with van der Waals surface area (Å²) in [7, 11) is -4.30. The van der Waals surface area contributed by atoms with Gasteiger partial charge in [-0.25, -0.2) is 4.57 Å². The molecule has 58 heavy (non-hydrogen) atoms. The number of ether oxygens (including phenoxy) is 2. The maximum Gasteiger partial charge on any atom is 0.472 e. The van der Waals surface area contributed by atoms with E-state index in [1.165, 1.54) is 70.6 Å². The quantitative estimate of drug-likeness (QED) is 0.0281. The Morgan fingerprint density at radius 2 is 0.879 bits per heavy atom. The van der Waals surface area contributed by atoms with Crippen molar-refractivity contribution in [3.05, 3.63) is 85.1 Å². The molecule has 0 aromatic heterocycles. The van der Waals surface area contributed by atoms with Crippen LogP contribution in [0.3, 0.4) is 0 Å². The minimum Gasteiger partial charge on any atom is -0.462 e. The van der Waals surface area contributed by atoms with Crippen molar-refractivity contribution in [2.75, 3.05) is 19.8 Å². The summed E-state index contributed by atoms with van der Waals surface area (Å²) in [4.78, 5) is 34.8. The maximum atomic E-state index is 12.6. The van der Waals surface area contributed by atoms with Crippen LogP contribution < -0.4 is 0 Å². The lowest BCUT2D eigenvalue weighted by molar-refractivity contribution is -0.161. The molecule has 2 unspecified atom stereocenters. The summed E-state index contributed by atoms with van der Waals surface area (Å²) in [6.45, 7) is 5.29. The highest BCUT2D eigenvalue weighted by Gasteiger charge is 2.25. The van der Waals surface area contributed by atoms with E-state index in [2.05, 4.69) is 98.9 Å². The van der Waals surface area contributed by atoms with Crippen LogP contribution in [0.25, 0.3) is 0 Å². The lowest BCUT2D eigenvalue weighted by atomic mass is 10.1. The molecule has 0 radical (unpaired) electrons. The molecular formula is C49H83O8P. The van der Waals surface area contributed by atoms with Crippen LogP contribution >= 0.6 is 7.82 Å². The van der Waals surface area contributed by atoms with E-state index in [-0.39, 0.29) is 32.0 Å². The molecule has 0 aromatic rings. The first-order valence-electron chi connectivity index (χ1n) is 22.9. The third-order valence-electron chi connectivity index (χ3n) is 9.19. The fourth-order valence-electron chi connectivity index (χ4n) is 5.86. The van der Waals surface area contributed by atoms with Gasteiger partial charge in [0.1, 0.15) is 6.61 Å². The molecule has 0 fully saturated rings. The van der Waals surface area contributed by atoms with Crippen molar-refractivity contribution in [3.63, 3.8) is 0 Å². The summed E-state index contributed by atoms with van der Waals surface area (Å²) < 4.78 is 32.7. The summed E-state index contributed by atoms with van der Waals surface area (Å²) in [6, 6.07) is 0. The molecule has 9 heteroatoms. The number of carbonyl (C=O) groups is 2. The second-order valence-electron chi connectivity index (χ2n) is 14.7. The number of hydrogen-bond donors (Lipinski definition) is 1. The van der Waals surface area contributed by atoms with E-state index in [0.29, 0.717) is 6.42 Å². The summed E-state index contributed by atoms with van der Waals surface area (Å²) in [5.74, 6) is -0.845. The first-order valence-corrected chi connectivity index (χ1v) is 24.4. The summed E-state index contributed by atoms with van der Waals surface area (Å²) in [5, 5.41) is 0. The number of unbranched alkanes of at least 4 members (excludes halogenated alkanes) is 15. The molecule has 0 spiro atoms. The fourth-order valence-corrected chi connectivity index (χ4v) is 6.62. The monoisotopic (exact) mass is 831 g/mol. The van der Waals surface area contributed by atoms with Crippen molar-refractivity contribution in [1.82, 2.24) is 0 Å². The topological polar surface area (TPSA) is 108 Å².